The van der Waals surface area contributed by atoms with Crippen molar-refractivity contribution in [3.8, 4) is 0 Å². The molecule has 1 aromatic heterocycles. The highest BCUT2D eigenvalue weighted by molar-refractivity contribution is 7.93. The van der Waals surface area contributed by atoms with Crippen LogP contribution in [0.4, 0.5) is 5.13 Å². The van der Waals surface area contributed by atoms with E-state index in [9.17, 15) is 13.2 Å². The summed E-state index contributed by atoms with van der Waals surface area (Å²) in [4.78, 5) is 22.4. The highest BCUT2D eigenvalue weighted by Crippen LogP contribution is 2.27. The van der Waals surface area contributed by atoms with Crippen LogP contribution in [0.15, 0.2) is 53.4 Å². The number of aryl methyl sites for hydroxylation is 3. The first-order valence-electron chi connectivity index (χ1n) is 11.4. The molecule has 180 valence electrons. The van der Waals surface area contributed by atoms with Gasteiger partial charge in [-0.3, -0.25) is 14.4 Å². The standard InChI is InChI=1S/C25H30N4O3S2/c1-18-9-10-22(19(2)17-18)34(31,32)27-25-26-20(3)23(33-25)24(30)29-15-13-28(14-16-29)12-11-21-7-5-4-6-8-21/h4-10,17H,11-16H2,1-3H3,(H,26,27). The lowest BCUT2D eigenvalue weighted by atomic mass is 10.1. The van der Waals surface area contributed by atoms with Gasteiger partial charge in [-0.2, -0.15) is 0 Å². The van der Waals surface area contributed by atoms with E-state index < -0.39 is 10.0 Å². The molecule has 7 nitrogen and oxygen atoms in total. The molecule has 1 amide bonds. The number of nitrogens with zero attached hydrogens (tertiary/aromatic N) is 3. The van der Waals surface area contributed by atoms with E-state index in [0.29, 0.717) is 29.2 Å². The SMILES string of the molecule is Cc1ccc(S(=O)(=O)Nc2nc(C)c(C(=O)N3CCN(CCc4ccccc4)CC3)s2)c(C)c1. The minimum atomic E-state index is -3.78. The van der Waals surface area contributed by atoms with Crippen molar-refractivity contribution in [3.63, 3.8) is 0 Å². The first-order valence-corrected chi connectivity index (χ1v) is 13.7. The van der Waals surface area contributed by atoms with Gasteiger partial charge in [0.05, 0.1) is 10.6 Å². The maximum Gasteiger partial charge on any atom is 0.266 e. The van der Waals surface area contributed by atoms with Gasteiger partial charge in [0.15, 0.2) is 5.13 Å². The predicted molar refractivity (Wildman–Crippen MR) is 136 cm³/mol. The van der Waals surface area contributed by atoms with Crippen molar-refractivity contribution in [2.24, 2.45) is 0 Å². The molecule has 3 aromatic rings. The molecule has 0 spiro atoms. The van der Waals surface area contributed by atoms with Gasteiger partial charge in [-0.05, 0) is 44.4 Å². The zero-order valence-corrected chi connectivity index (χ0v) is 21.4. The monoisotopic (exact) mass is 498 g/mol. The first kappa shape index (κ1) is 24.4. The molecule has 0 aliphatic carbocycles. The van der Waals surface area contributed by atoms with Crippen molar-refractivity contribution >= 4 is 32.4 Å². The molecule has 4 rings (SSSR count). The largest absolute Gasteiger partial charge is 0.335 e. The minimum absolute atomic E-state index is 0.0883. The Kier molecular flexibility index (Phi) is 7.35. The molecule has 0 radical (unpaired) electrons. The lowest BCUT2D eigenvalue weighted by Gasteiger charge is -2.34. The Hall–Kier alpha value is -2.75. The van der Waals surface area contributed by atoms with E-state index in [1.165, 1.54) is 5.56 Å². The van der Waals surface area contributed by atoms with Crippen LogP contribution in [-0.2, 0) is 16.4 Å². The number of thiazole rings is 1. The molecular formula is C25H30N4O3S2. The highest BCUT2D eigenvalue weighted by Gasteiger charge is 2.27. The van der Waals surface area contributed by atoms with Crippen LogP contribution in [0, 0.1) is 20.8 Å². The molecule has 1 saturated heterocycles. The summed E-state index contributed by atoms with van der Waals surface area (Å²) >= 11 is 1.09. The first-order chi connectivity index (χ1) is 16.2. The lowest BCUT2D eigenvalue weighted by Crippen LogP contribution is -2.49. The molecule has 2 aromatic carbocycles. The number of nitrogens with one attached hydrogen (secondary N) is 1. The van der Waals surface area contributed by atoms with Crippen LogP contribution in [0.1, 0.15) is 32.1 Å². The number of aromatic nitrogens is 1. The molecule has 1 aliphatic heterocycles. The van der Waals surface area contributed by atoms with E-state index in [1.807, 2.05) is 24.0 Å². The van der Waals surface area contributed by atoms with Crippen LogP contribution >= 0.6 is 11.3 Å². The average molecular weight is 499 g/mol. The van der Waals surface area contributed by atoms with Crippen molar-refractivity contribution in [3.05, 3.63) is 75.8 Å². The maximum atomic E-state index is 13.1. The zero-order chi connectivity index (χ0) is 24.3. The Labute approximate surface area is 205 Å². The van der Waals surface area contributed by atoms with Gasteiger partial charge in [-0.15, -0.1) is 0 Å². The Morgan fingerprint density at radius 1 is 1.03 bits per heavy atom. The van der Waals surface area contributed by atoms with Crippen LogP contribution in [0.3, 0.4) is 0 Å². The third kappa shape index (κ3) is 5.65. The van der Waals surface area contributed by atoms with E-state index in [0.717, 1.165) is 43.0 Å². The van der Waals surface area contributed by atoms with Crippen LogP contribution < -0.4 is 4.72 Å². The van der Waals surface area contributed by atoms with E-state index in [2.05, 4.69) is 38.9 Å². The number of rotatable bonds is 7. The lowest BCUT2D eigenvalue weighted by molar-refractivity contribution is 0.0642. The summed E-state index contributed by atoms with van der Waals surface area (Å²) in [6, 6.07) is 15.6. The third-order valence-corrected chi connectivity index (χ3v) is 8.74. The average Bonchev–Trinajstić information content (AvgIpc) is 3.17. The number of hydrogen-bond acceptors (Lipinski definition) is 6. The second kappa shape index (κ2) is 10.2. The molecule has 1 aliphatic rings. The Morgan fingerprint density at radius 3 is 2.41 bits per heavy atom. The van der Waals surface area contributed by atoms with Gasteiger partial charge in [0, 0.05) is 32.7 Å². The Morgan fingerprint density at radius 2 is 1.74 bits per heavy atom. The van der Waals surface area contributed by atoms with Gasteiger partial charge in [-0.25, -0.2) is 13.4 Å². The van der Waals surface area contributed by atoms with Crippen LogP contribution in [0.2, 0.25) is 0 Å². The van der Waals surface area contributed by atoms with E-state index in [1.54, 1.807) is 26.0 Å². The molecule has 2 heterocycles. The summed E-state index contributed by atoms with van der Waals surface area (Å²) in [6.07, 6.45) is 0.993. The summed E-state index contributed by atoms with van der Waals surface area (Å²) in [7, 11) is -3.78. The van der Waals surface area contributed by atoms with Crippen LogP contribution in [-0.4, -0.2) is 61.8 Å². The van der Waals surface area contributed by atoms with Crippen molar-refractivity contribution in [2.45, 2.75) is 32.1 Å². The van der Waals surface area contributed by atoms with Gasteiger partial charge < -0.3 is 4.90 Å². The number of sulfonamides is 1. The second-order valence-electron chi connectivity index (χ2n) is 8.68. The van der Waals surface area contributed by atoms with Crippen molar-refractivity contribution in [2.75, 3.05) is 37.4 Å². The number of amides is 1. The molecule has 0 unspecified atom stereocenters. The quantitative estimate of drug-likeness (QED) is 0.535. The number of hydrogen-bond donors (Lipinski definition) is 1. The van der Waals surface area contributed by atoms with Crippen LogP contribution in [0.25, 0.3) is 0 Å². The summed E-state index contributed by atoms with van der Waals surface area (Å²) in [5.41, 5.74) is 3.52. The van der Waals surface area contributed by atoms with Gasteiger partial charge >= 0.3 is 0 Å². The van der Waals surface area contributed by atoms with Gasteiger partial charge in [-0.1, -0.05) is 59.4 Å². The second-order valence-corrected chi connectivity index (χ2v) is 11.3. The fourth-order valence-corrected chi connectivity index (χ4v) is 6.56. The summed E-state index contributed by atoms with van der Waals surface area (Å²) in [6.45, 7) is 9.34. The van der Waals surface area contributed by atoms with Crippen LogP contribution in [0.5, 0.6) is 0 Å². The fraction of sp³-hybridized carbons (Fsp3) is 0.360. The topological polar surface area (TPSA) is 82.6 Å². The predicted octanol–water partition coefficient (Wildman–Crippen LogP) is 3.87. The summed E-state index contributed by atoms with van der Waals surface area (Å²) in [5, 5.41) is 0.210. The van der Waals surface area contributed by atoms with Gasteiger partial charge in [0.1, 0.15) is 4.88 Å². The smallest absolute Gasteiger partial charge is 0.266 e. The molecular weight excluding hydrogens is 468 g/mol. The van der Waals surface area contributed by atoms with Crippen molar-refractivity contribution in [1.82, 2.24) is 14.8 Å². The molecule has 0 atom stereocenters. The summed E-state index contributed by atoms with van der Waals surface area (Å²) < 4.78 is 28.3. The Bertz CT molecular complexity index is 1260. The Balaban J connectivity index is 1.37. The number of anilines is 1. The number of carbonyl (C=O) groups excluding carboxylic acids is 1. The highest BCUT2D eigenvalue weighted by atomic mass is 32.2. The number of carbonyl (C=O) groups is 1. The third-order valence-electron chi connectivity index (χ3n) is 6.05. The molecule has 0 bridgehead atoms. The number of piperazine rings is 1. The number of benzene rings is 2. The van der Waals surface area contributed by atoms with E-state index >= 15 is 0 Å². The van der Waals surface area contributed by atoms with E-state index in [-0.39, 0.29) is 15.9 Å². The maximum absolute atomic E-state index is 13.1. The van der Waals surface area contributed by atoms with Gasteiger partial charge in [0.25, 0.3) is 15.9 Å². The fourth-order valence-electron chi connectivity index (χ4n) is 4.16. The van der Waals surface area contributed by atoms with E-state index in [4.69, 9.17) is 0 Å². The molecule has 0 saturated carbocycles. The van der Waals surface area contributed by atoms with Gasteiger partial charge in [0.2, 0.25) is 0 Å². The molecule has 34 heavy (non-hydrogen) atoms. The minimum Gasteiger partial charge on any atom is -0.335 e. The molecule has 1 N–H and O–H groups in total. The zero-order valence-electron chi connectivity index (χ0n) is 19.7. The molecule has 9 heteroatoms. The summed E-state index contributed by atoms with van der Waals surface area (Å²) in [5.74, 6) is -0.0883. The normalized spacial score (nSPS) is 14.9. The van der Waals surface area contributed by atoms with Crippen molar-refractivity contribution < 1.29 is 13.2 Å². The molecule has 1 fully saturated rings. The van der Waals surface area contributed by atoms with Crippen molar-refractivity contribution in [1.29, 1.82) is 0 Å².